The molecule has 0 aliphatic rings. The molecule has 0 spiro atoms. The second kappa shape index (κ2) is 5.96. The minimum Gasteiger partial charge on any atom is -0.320 e. The fourth-order valence-electron chi connectivity index (χ4n) is 2.17. The molecule has 3 aromatic rings. The number of nitrogens with zero attached hydrogens (tertiary/aromatic N) is 2. The average molecular weight is 315 g/mol. The molecule has 0 saturated heterocycles. The van der Waals surface area contributed by atoms with Crippen molar-refractivity contribution in [1.29, 1.82) is 0 Å². The summed E-state index contributed by atoms with van der Waals surface area (Å²) in [7, 11) is 0. The van der Waals surface area contributed by atoms with Crippen molar-refractivity contribution in [3.05, 3.63) is 70.8 Å². The SMILES string of the molecule is O=C(Cn1cnc2ccccc2c1=O)Nc1c(F)cccc1F. The van der Waals surface area contributed by atoms with Gasteiger partial charge in [-0.1, -0.05) is 18.2 Å². The van der Waals surface area contributed by atoms with E-state index in [9.17, 15) is 18.4 Å². The molecule has 1 N–H and O–H groups in total. The molecule has 5 nitrogen and oxygen atoms in total. The first-order chi connectivity index (χ1) is 11.1. The maximum atomic E-state index is 13.5. The number of anilines is 1. The van der Waals surface area contributed by atoms with Crippen molar-refractivity contribution >= 4 is 22.5 Å². The molecule has 0 atom stereocenters. The van der Waals surface area contributed by atoms with Gasteiger partial charge in [0.25, 0.3) is 5.56 Å². The minimum absolute atomic E-state index is 0.361. The molecule has 0 unspecified atom stereocenters. The molecule has 23 heavy (non-hydrogen) atoms. The third-order valence-corrected chi connectivity index (χ3v) is 3.27. The average Bonchev–Trinajstić information content (AvgIpc) is 2.54. The Balaban J connectivity index is 1.86. The van der Waals surface area contributed by atoms with Crippen LogP contribution in [0, 0.1) is 11.6 Å². The van der Waals surface area contributed by atoms with Gasteiger partial charge in [-0.2, -0.15) is 0 Å². The Kier molecular flexibility index (Phi) is 3.84. The Labute approximate surface area is 129 Å². The number of carbonyl (C=O) groups excluding carboxylic acids is 1. The molecule has 0 fully saturated rings. The number of aromatic nitrogens is 2. The van der Waals surface area contributed by atoms with Gasteiger partial charge >= 0.3 is 0 Å². The van der Waals surface area contributed by atoms with E-state index in [4.69, 9.17) is 0 Å². The van der Waals surface area contributed by atoms with Crippen molar-refractivity contribution in [2.45, 2.75) is 6.54 Å². The van der Waals surface area contributed by atoms with E-state index in [2.05, 4.69) is 10.3 Å². The van der Waals surface area contributed by atoms with E-state index in [1.165, 1.54) is 12.4 Å². The number of nitrogens with one attached hydrogen (secondary N) is 1. The lowest BCUT2D eigenvalue weighted by atomic mass is 10.2. The van der Waals surface area contributed by atoms with Gasteiger partial charge in [0.05, 0.1) is 17.2 Å². The number of halogens is 2. The van der Waals surface area contributed by atoms with Crippen LogP contribution in [-0.2, 0) is 11.3 Å². The Hall–Kier alpha value is -3.09. The van der Waals surface area contributed by atoms with Gasteiger partial charge in [-0.25, -0.2) is 13.8 Å². The van der Waals surface area contributed by atoms with Crippen LogP contribution in [0.1, 0.15) is 0 Å². The van der Waals surface area contributed by atoms with Crippen LogP contribution in [-0.4, -0.2) is 15.5 Å². The van der Waals surface area contributed by atoms with Crippen LogP contribution in [0.15, 0.2) is 53.6 Å². The van der Waals surface area contributed by atoms with Crippen LogP contribution >= 0.6 is 0 Å². The van der Waals surface area contributed by atoms with Gasteiger partial charge in [-0.15, -0.1) is 0 Å². The van der Waals surface area contributed by atoms with Crippen molar-refractivity contribution in [1.82, 2.24) is 9.55 Å². The maximum absolute atomic E-state index is 13.5. The van der Waals surface area contributed by atoms with Crippen molar-refractivity contribution in [3.8, 4) is 0 Å². The lowest BCUT2D eigenvalue weighted by Gasteiger charge is -2.09. The lowest BCUT2D eigenvalue weighted by molar-refractivity contribution is -0.116. The summed E-state index contributed by atoms with van der Waals surface area (Å²) in [5.41, 5.74) is -0.437. The molecule has 1 amide bonds. The van der Waals surface area contributed by atoms with Gasteiger partial charge in [-0.05, 0) is 24.3 Å². The van der Waals surface area contributed by atoms with Crippen molar-refractivity contribution in [3.63, 3.8) is 0 Å². The Bertz CT molecular complexity index is 933. The summed E-state index contributed by atoms with van der Waals surface area (Å²) in [4.78, 5) is 28.3. The molecule has 7 heteroatoms. The molecule has 0 aliphatic heterocycles. The largest absolute Gasteiger partial charge is 0.320 e. The highest BCUT2D eigenvalue weighted by molar-refractivity contribution is 5.91. The summed E-state index contributed by atoms with van der Waals surface area (Å²) in [5.74, 6) is -2.50. The number of para-hydroxylation sites is 2. The number of carbonyl (C=O) groups is 1. The Morgan fingerprint density at radius 3 is 2.52 bits per heavy atom. The number of amides is 1. The normalized spacial score (nSPS) is 10.7. The maximum Gasteiger partial charge on any atom is 0.261 e. The summed E-state index contributed by atoms with van der Waals surface area (Å²) in [6, 6.07) is 9.95. The smallest absolute Gasteiger partial charge is 0.261 e. The van der Waals surface area contributed by atoms with Gasteiger partial charge in [0, 0.05) is 0 Å². The summed E-state index contributed by atoms with van der Waals surface area (Å²) in [6.07, 6.45) is 1.22. The van der Waals surface area contributed by atoms with Crippen LogP contribution in [0.3, 0.4) is 0 Å². The molecular formula is C16H11F2N3O2. The van der Waals surface area contributed by atoms with E-state index < -0.39 is 35.3 Å². The zero-order chi connectivity index (χ0) is 16.4. The van der Waals surface area contributed by atoms with Gasteiger partial charge in [0.1, 0.15) is 23.9 Å². The number of benzene rings is 2. The number of fused-ring (bicyclic) bond motifs is 1. The van der Waals surface area contributed by atoms with E-state index >= 15 is 0 Å². The first-order valence-electron chi connectivity index (χ1n) is 6.74. The number of rotatable bonds is 3. The summed E-state index contributed by atoms with van der Waals surface area (Å²) in [5, 5.41) is 2.49. The third-order valence-electron chi connectivity index (χ3n) is 3.27. The van der Waals surface area contributed by atoms with Gasteiger partial charge in [0.15, 0.2) is 0 Å². The van der Waals surface area contributed by atoms with E-state index in [1.807, 2.05) is 0 Å². The van der Waals surface area contributed by atoms with Gasteiger partial charge in [0.2, 0.25) is 5.91 Å². The quantitative estimate of drug-likeness (QED) is 0.807. The van der Waals surface area contributed by atoms with Crippen LogP contribution in [0.25, 0.3) is 10.9 Å². The molecule has 0 radical (unpaired) electrons. The van der Waals surface area contributed by atoms with Gasteiger partial charge in [-0.3, -0.25) is 14.2 Å². The zero-order valence-corrected chi connectivity index (χ0v) is 11.8. The van der Waals surface area contributed by atoms with Gasteiger partial charge < -0.3 is 5.32 Å². The van der Waals surface area contributed by atoms with E-state index in [1.54, 1.807) is 24.3 Å². The van der Waals surface area contributed by atoms with Crippen molar-refractivity contribution < 1.29 is 13.6 Å². The predicted molar refractivity (Wildman–Crippen MR) is 81.0 cm³/mol. The van der Waals surface area contributed by atoms with Crippen LogP contribution in [0.2, 0.25) is 0 Å². The molecular weight excluding hydrogens is 304 g/mol. The van der Waals surface area contributed by atoms with Crippen molar-refractivity contribution in [2.24, 2.45) is 0 Å². The molecule has 116 valence electrons. The summed E-state index contributed by atoms with van der Waals surface area (Å²) >= 11 is 0. The summed E-state index contributed by atoms with van der Waals surface area (Å²) < 4.78 is 28.1. The fraction of sp³-hybridized carbons (Fsp3) is 0.0625. The topological polar surface area (TPSA) is 64.0 Å². The van der Waals surface area contributed by atoms with E-state index in [-0.39, 0.29) is 0 Å². The monoisotopic (exact) mass is 315 g/mol. The molecule has 1 aromatic heterocycles. The lowest BCUT2D eigenvalue weighted by Crippen LogP contribution is -2.28. The summed E-state index contributed by atoms with van der Waals surface area (Å²) in [6.45, 7) is -0.398. The molecule has 2 aromatic carbocycles. The van der Waals surface area contributed by atoms with Crippen LogP contribution < -0.4 is 10.9 Å². The Morgan fingerprint density at radius 1 is 1.09 bits per heavy atom. The van der Waals surface area contributed by atoms with E-state index in [0.29, 0.717) is 10.9 Å². The number of hydrogen-bond acceptors (Lipinski definition) is 3. The predicted octanol–water partition coefficient (Wildman–Crippen LogP) is 2.31. The highest BCUT2D eigenvalue weighted by atomic mass is 19.1. The highest BCUT2D eigenvalue weighted by Gasteiger charge is 2.13. The Morgan fingerprint density at radius 2 is 1.78 bits per heavy atom. The third kappa shape index (κ3) is 2.94. The fourth-order valence-corrected chi connectivity index (χ4v) is 2.17. The van der Waals surface area contributed by atoms with Crippen molar-refractivity contribution in [2.75, 3.05) is 5.32 Å². The standard InChI is InChI=1S/C16H11F2N3O2/c17-11-5-3-6-12(18)15(11)20-14(22)8-21-9-19-13-7-2-1-4-10(13)16(21)23/h1-7,9H,8H2,(H,20,22). The molecule has 1 heterocycles. The minimum atomic E-state index is -0.887. The zero-order valence-electron chi connectivity index (χ0n) is 11.8. The van der Waals surface area contributed by atoms with E-state index in [0.717, 1.165) is 16.7 Å². The molecule has 3 rings (SSSR count). The second-order valence-electron chi connectivity index (χ2n) is 4.84. The molecule has 0 bridgehead atoms. The first kappa shape index (κ1) is 14.8. The highest BCUT2D eigenvalue weighted by Crippen LogP contribution is 2.17. The molecule has 0 aliphatic carbocycles. The van der Waals surface area contributed by atoms with Crippen LogP contribution in [0.4, 0.5) is 14.5 Å². The first-order valence-corrected chi connectivity index (χ1v) is 6.74. The number of hydrogen-bond donors (Lipinski definition) is 1. The van der Waals surface area contributed by atoms with Crippen LogP contribution in [0.5, 0.6) is 0 Å². The molecule has 0 saturated carbocycles. The second-order valence-corrected chi connectivity index (χ2v) is 4.84.